The van der Waals surface area contributed by atoms with Gasteiger partial charge in [0.15, 0.2) is 0 Å². The van der Waals surface area contributed by atoms with Crippen molar-refractivity contribution in [1.82, 2.24) is 10.2 Å². The Kier molecular flexibility index (Phi) is 5.49. The van der Waals surface area contributed by atoms with Crippen LogP contribution in [0.5, 0.6) is 0 Å². The zero-order valence-corrected chi connectivity index (χ0v) is 13.0. The lowest BCUT2D eigenvalue weighted by Crippen LogP contribution is -2.34. The lowest BCUT2D eigenvalue weighted by atomic mass is 10.1. The average molecular weight is 307 g/mol. The van der Waals surface area contributed by atoms with Gasteiger partial charge in [-0.25, -0.2) is 4.39 Å². The molecule has 1 fully saturated rings. The molecule has 22 heavy (non-hydrogen) atoms. The SMILES string of the molecule is CN(C)CCCNC(=O)[C@H]1CC(=O)N(c2ccc(F)cc2)C1. The number of nitrogens with zero attached hydrogens (tertiary/aromatic N) is 2. The molecule has 120 valence electrons. The molecule has 1 N–H and O–H groups in total. The van der Waals surface area contributed by atoms with Crippen molar-refractivity contribution in [2.75, 3.05) is 38.6 Å². The first-order chi connectivity index (χ1) is 10.5. The zero-order valence-electron chi connectivity index (χ0n) is 13.0. The van der Waals surface area contributed by atoms with Gasteiger partial charge in [0, 0.05) is 25.2 Å². The van der Waals surface area contributed by atoms with Gasteiger partial charge in [0.2, 0.25) is 11.8 Å². The van der Waals surface area contributed by atoms with Crippen LogP contribution in [0.4, 0.5) is 10.1 Å². The first-order valence-corrected chi connectivity index (χ1v) is 7.45. The van der Waals surface area contributed by atoms with Crippen molar-refractivity contribution in [2.45, 2.75) is 12.8 Å². The molecular weight excluding hydrogens is 285 g/mol. The number of amides is 2. The summed E-state index contributed by atoms with van der Waals surface area (Å²) in [6, 6.07) is 5.75. The van der Waals surface area contributed by atoms with Gasteiger partial charge in [-0.2, -0.15) is 0 Å². The van der Waals surface area contributed by atoms with Crippen LogP contribution in [0, 0.1) is 11.7 Å². The van der Waals surface area contributed by atoms with Crippen LogP contribution in [-0.4, -0.2) is 50.4 Å². The predicted octanol–water partition coefficient (Wildman–Crippen LogP) is 1.25. The Balaban J connectivity index is 1.86. The third-order valence-electron chi connectivity index (χ3n) is 3.72. The molecule has 0 aliphatic carbocycles. The molecule has 0 unspecified atom stereocenters. The maximum absolute atomic E-state index is 12.9. The minimum absolute atomic E-state index is 0.0864. The Morgan fingerprint density at radius 1 is 1.36 bits per heavy atom. The Bertz CT molecular complexity index is 531. The summed E-state index contributed by atoms with van der Waals surface area (Å²) in [7, 11) is 3.97. The summed E-state index contributed by atoms with van der Waals surface area (Å²) >= 11 is 0. The van der Waals surface area contributed by atoms with Crippen molar-refractivity contribution in [3.05, 3.63) is 30.1 Å². The van der Waals surface area contributed by atoms with E-state index < -0.39 is 0 Å². The number of hydrogen-bond donors (Lipinski definition) is 1. The summed E-state index contributed by atoms with van der Waals surface area (Å²) < 4.78 is 12.9. The van der Waals surface area contributed by atoms with E-state index in [4.69, 9.17) is 0 Å². The molecule has 1 aliphatic heterocycles. The van der Waals surface area contributed by atoms with Crippen molar-refractivity contribution >= 4 is 17.5 Å². The predicted molar refractivity (Wildman–Crippen MR) is 83.0 cm³/mol. The normalized spacial score (nSPS) is 18.1. The molecule has 1 heterocycles. The van der Waals surface area contributed by atoms with Crippen LogP contribution in [0.1, 0.15) is 12.8 Å². The summed E-state index contributed by atoms with van der Waals surface area (Å²) in [6.45, 7) is 1.87. The van der Waals surface area contributed by atoms with Crippen molar-refractivity contribution < 1.29 is 14.0 Å². The topological polar surface area (TPSA) is 52.7 Å². The quantitative estimate of drug-likeness (QED) is 0.805. The molecule has 2 rings (SSSR count). The number of benzene rings is 1. The van der Waals surface area contributed by atoms with Crippen LogP contribution >= 0.6 is 0 Å². The summed E-state index contributed by atoms with van der Waals surface area (Å²) in [5, 5.41) is 2.88. The number of halogens is 1. The Labute approximate surface area is 130 Å². The van der Waals surface area contributed by atoms with E-state index in [-0.39, 0.29) is 30.0 Å². The lowest BCUT2D eigenvalue weighted by Gasteiger charge is -2.16. The third-order valence-corrected chi connectivity index (χ3v) is 3.72. The summed E-state index contributed by atoms with van der Waals surface area (Å²) in [5.74, 6) is -0.862. The van der Waals surface area contributed by atoms with E-state index >= 15 is 0 Å². The standard InChI is InChI=1S/C16H22FN3O2/c1-19(2)9-3-8-18-16(22)12-10-15(21)20(11-12)14-6-4-13(17)5-7-14/h4-7,12H,3,8-11H2,1-2H3,(H,18,22)/t12-/m0/s1. The van der Waals surface area contributed by atoms with Crippen LogP contribution in [0.2, 0.25) is 0 Å². The molecule has 0 bridgehead atoms. The third kappa shape index (κ3) is 4.27. The second kappa shape index (κ2) is 7.35. The highest BCUT2D eigenvalue weighted by Gasteiger charge is 2.34. The molecular formula is C16H22FN3O2. The second-order valence-electron chi connectivity index (χ2n) is 5.83. The minimum Gasteiger partial charge on any atom is -0.356 e. The molecule has 6 heteroatoms. The number of anilines is 1. The van der Waals surface area contributed by atoms with E-state index in [1.807, 2.05) is 14.1 Å². The molecule has 1 aliphatic rings. The molecule has 1 atom stereocenters. The first-order valence-electron chi connectivity index (χ1n) is 7.45. The lowest BCUT2D eigenvalue weighted by molar-refractivity contribution is -0.126. The molecule has 0 saturated carbocycles. The largest absolute Gasteiger partial charge is 0.356 e. The van der Waals surface area contributed by atoms with Crippen LogP contribution in [0.3, 0.4) is 0 Å². The minimum atomic E-state index is -0.342. The van der Waals surface area contributed by atoms with Crippen LogP contribution in [-0.2, 0) is 9.59 Å². The van der Waals surface area contributed by atoms with E-state index in [1.54, 1.807) is 17.0 Å². The number of rotatable bonds is 6. The van der Waals surface area contributed by atoms with Gasteiger partial charge >= 0.3 is 0 Å². The van der Waals surface area contributed by atoms with Crippen molar-refractivity contribution in [1.29, 1.82) is 0 Å². The molecule has 0 radical (unpaired) electrons. The van der Waals surface area contributed by atoms with E-state index in [2.05, 4.69) is 10.2 Å². The average Bonchev–Trinajstić information content (AvgIpc) is 2.86. The maximum Gasteiger partial charge on any atom is 0.227 e. The highest BCUT2D eigenvalue weighted by atomic mass is 19.1. The van der Waals surface area contributed by atoms with Crippen molar-refractivity contribution in [2.24, 2.45) is 5.92 Å². The molecule has 0 aromatic heterocycles. The summed E-state index contributed by atoms with van der Waals surface area (Å²) in [5.41, 5.74) is 0.634. The fraction of sp³-hybridized carbons (Fsp3) is 0.500. The molecule has 1 saturated heterocycles. The summed E-state index contributed by atoms with van der Waals surface area (Å²) in [6.07, 6.45) is 1.08. The molecule has 5 nitrogen and oxygen atoms in total. The van der Waals surface area contributed by atoms with E-state index in [9.17, 15) is 14.0 Å². The molecule has 0 spiro atoms. The van der Waals surface area contributed by atoms with Crippen LogP contribution < -0.4 is 10.2 Å². The van der Waals surface area contributed by atoms with Gasteiger partial charge in [0.05, 0.1) is 5.92 Å². The van der Waals surface area contributed by atoms with Gasteiger partial charge in [0.25, 0.3) is 0 Å². The van der Waals surface area contributed by atoms with Gasteiger partial charge in [-0.15, -0.1) is 0 Å². The highest BCUT2D eigenvalue weighted by molar-refractivity contribution is 6.00. The Morgan fingerprint density at radius 2 is 2.05 bits per heavy atom. The smallest absolute Gasteiger partial charge is 0.227 e. The molecule has 1 aromatic rings. The van der Waals surface area contributed by atoms with E-state index in [0.717, 1.165) is 13.0 Å². The highest BCUT2D eigenvalue weighted by Crippen LogP contribution is 2.25. The summed E-state index contributed by atoms with van der Waals surface area (Å²) in [4.78, 5) is 27.7. The van der Waals surface area contributed by atoms with Crippen LogP contribution in [0.25, 0.3) is 0 Å². The Morgan fingerprint density at radius 3 is 2.68 bits per heavy atom. The maximum atomic E-state index is 12.9. The van der Waals surface area contributed by atoms with Gasteiger partial charge in [-0.1, -0.05) is 0 Å². The van der Waals surface area contributed by atoms with Crippen molar-refractivity contribution in [3.8, 4) is 0 Å². The van der Waals surface area contributed by atoms with Gasteiger partial charge in [-0.3, -0.25) is 9.59 Å². The number of carbonyl (C=O) groups is 2. The van der Waals surface area contributed by atoms with E-state index in [1.165, 1.54) is 12.1 Å². The Hall–Kier alpha value is -1.95. The van der Waals surface area contributed by atoms with Crippen molar-refractivity contribution in [3.63, 3.8) is 0 Å². The second-order valence-corrected chi connectivity index (χ2v) is 5.83. The van der Waals surface area contributed by atoms with Gasteiger partial charge < -0.3 is 15.1 Å². The number of hydrogen-bond acceptors (Lipinski definition) is 3. The number of nitrogens with one attached hydrogen (secondary N) is 1. The molecule has 2 amide bonds. The first kappa shape index (κ1) is 16.4. The fourth-order valence-electron chi connectivity index (χ4n) is 2.50. The number of carbonyl (C=O) groups excluding carboxylic acids is 2. The zero-order chi connectivity index (χ0) is 16.1. The fourth-order valence-corrected chi connectivity index (χ4v) is 2.50. The monoisotopic (exact) mass is 307 g/mol. The molecule has 1 aromatic carbocycles. The van der Waals surface area contributed by atoms with Gasteiger partial charge in [-0.05, 0) is 51.3 Å². The van der Waals surface area contributed by atoms with Crippen LogP contribution in [0.15, 0.2) is 24.3 Å². The van der Waals surface area contributed by atoms with E-state index in [0.29, 0.717) is 18.8 Å². The van der Waals surface area contributed by atoms with Gasteiger partial charge in [0.1, 0.15) is 5.82 Å².